The number of benzene rings is 1. The number of nitrogen functional groups attached to an aromatic ring is 1. The number of anilines is 1. The van der Waals surface area contributed by atoms with Crippen molar-refractivity contribution in [3.8, 4) is 11.5 Å². The normalized spacial score (nSPS) is 10.7. The Morgan fingerprint density at radius 3 is 2.85 bits per heavy atom. The molecule has 0 radical (unpaired) electrons. The molecule has 0 atom stereocenters. The van der Waals surface area contributed by atoms with Crippen molar-refractivity contribution in [2.45, 2.75) is 6.42 Å². The average molecular weight is 287 g/mol. The number of halogens is 1. The Morgan fingerprint density at radius 1 is 1.20 bits per heavy atom. The monoisotopic (exact) mass is 286 g/mol. The first-order valence-electron chi connectivity index (χ1n) is 5.99. The van der Waals surface area contributed by atoms with E-state index in [0.717, 1.165) is 11.1 Å². The van der Waals surface area contributed by atoms with E-state index in [1.54, 1.807) is 18.3 Å². The van der Waals surface area contributed by atoms with Gasteiger partial charge >= 0.3 is 0 Å². The molecular weight excluding hydrogens is 276 g/mol. The van der Waals surface area contributed by atoms with Crippen LogP contribution < -0.4 is 5.73 Å². The number of hydrogen-bond donors (Lipinski definition) is 1. The van der Waals surface area contributed by atoms with E-state index in [9.17, 15) is 0 Å². The summed E-state index contributed by atoms with van der Waals surface area (Å²) in [6.45, 7) is 0. The predicted octanol–water partition coefficient (Wildman–Crippen LogP) is 2.96. The summed E-state index contributed by atoms with van der Waals surface area (Å²) in [4.78, 5) is 8.33. The second-order valence-electron chi connectivity index (χ2n) is 4.29. The van der Waals surface area contributed by atoms with Crippen LogP contribution in [-0.4, -0.2) is 15.1 Å². The summed E-state index contributed by atoms with van der Waals surface area (Å²) in [6.07, 6.45) is 2.17. The SMILES string of the molecule is Nc1ccc(-c2nc(Cc3cccc(Cl)c3)no2)cn1. The Labute approximate surface area is 120 Å². The molecule has 0 unspecified atom stereocenters. The molecule has 3 rings (SSSR count). The van der Waals surface area contributed by atoms with Gasteiger partial charge in [-0.1, -0.05) is 28.9 Å². The molecule has 5 nitrogen and oxygen atoms in total. The van der Waals surface area contributed by atoms with Crippen molar-refractivity contribution in [2.75, 3.05) is 5.73 Å². The molecular formula is C14H11ClN4O. The zero-order valence-electron chi connectivity index (χ0n) is 10.5. The van der Waals surface area contributed by atoms with Crippen molar-refractivity contribution >= 4 is 17.4 Å². The minimum absolute atomic E-state index is 0.425. The fourth-order valence-corrected chi connectivity index (χ4v) is 2.02. The van der Waals surface area contributed by atoms with Gasteiger partial charge in [-0.2, -0.15) is 4.98 Å². The molecule has 2 aromatic heterocycles. The fourth-order valence-electron chi connectivity index (χ4n) is 1.80. The first kappa shape index (κ1) is 12.6. The van der Waals surface area contributed by atoms with Gasteiger partial charge in [0, 0.05) is 17.6 Å². The lowest BCUT2D eigenvalue weighted by molar-refractivity contribution is 0.424. The van der Waals surface area contributed by atoms with E-state index in [0.29, 0.717) is 29.0 Å². The highest BCUT2D eigenvalue weighted by molar-refractivity contribution is 6.30. The average Bonchev–Trinajstić information content (AvgIpc) is 2.88. The van der Waals surface area contributed by atoms with Crippen molar-refractivity contribution in [2.24, 2.45) is 0 Å². The minimum atomic E-state index is 0.425. The maximum absolute atomic E-state index is 5.94. The van der Waals surface area contributed by atoms with Crippen molar-refractivity contribution < 1.29 is 4.52 Å². The summed E-state index contributed by atoms with van der Waals surface area (Å²) >= 11 is 5.94. The third-order valence-electron chi connectivity index (χ3n) is 2.75. The first-order chi connectivity index (χ1) is 9.70. The van der Waals surface area contributed by atoms with E-state index < -0.39 is 0 Å². The molecule has 100 valence electrons. The Bertz CT molecular complexity index is 724. The second-order valence-corrected chi connectivity index (χ2v) is 4.73. The summed E-state index contributed by atoms with van der Waals surface area (Å²) in [5, 5.41) is 4.64. The maximum Gasteiger partial charge on any atom is 0.259 e. The van der Waals surface area contributed by atoms with Gasteiger partial charge in [0.15, 0.2) is 5.82 Å². The van der Waals surface area contributed by atoms with Crippen molar-refractivity contribution in [1.82, 2.24) is 15.1 Å². The predicted molar refractivity (Wildman–Crippen MR) is 76.2 cm³/mol. The standard InChI is InChI=1S/C14H11ClN4O/c15-11-3-1-2-9(6-11)7-13-18-14(20-19-13)10-4-5-12(16)17-8-10/h1-6,8H,7H2,(H2,16,17). The van der Waals surface area contributed by atoms with Crippen LogP contribution >= 0.6 is 11.6 Å². The molecule has 0 fully saturated rings. The third-order valence-corrected chi connectivity index (χ3v) is 2.99. The number of rotatable bonds is 3. The summed E-state index contributed by atoms with van der Waals surface area (Å²) in [5.41, 5.74) is 7.30. The molecule has 0 aliphatic heterocycles. The molecule has 0 bridgehead atoms. The lowest BCUT2D eigenvalue weighted by Gasteiger charge is -1.96. The van der Waals surface area contributed by atoms with Crippen LogP contribution in [-0.2, 0) is 6.42 Å². The molecule has 0 amide bonds. The maximum atomic E-state index is 5.94. The zero-order valence-corrected chi connectivity index (χ0v) is 11.2. The van der Waals surface area contributed by atoms with Crippen LogP contribution in [0.15, 0.2) is 47.1 Å². The van der Waals surface area contributed by atoms with Gasteiger partial charge in [-0.3, -0.25) is 0 Å². The van der Waals surface area contributed by atoms with Gasteiger partial charge in [-0.15, -0.1) is 0 Å². The molecule has 0 aliphatic carbocycles. The minimum Gasteiger partial charge on any atom is -0.384 e. The van der Waals surface area contributed by atoms with Gasteiger partial charge in [0.25, 0.3) is 5.89 Å². The number of aromatic nitrogens is 3. The summed E-state index contributed by atoms with van der Waals surface area (Å²) in [6, 6.07) is 11.0. The Kier molecular flexibility index (Phi) is 3.35. The Morgan fingerprint density at radius 2 is 2.10 bits per heavy atom. The molecule has 20 heavy (non-hydrogen) atoms. The molecule has 6 heteroatoms. The van der Waals surface area contributed by atoms with Gasteiger partial charge in [-0.25, -0.2) is 4.98 Å². The molecule has 0 saturated heterocycles. The molecule has 0 saturated carbocycles. The lowest BCUT2D eigenvalue weighted by Crippen LogP contribution is -1.91. The lowest BCUT2D eigenvalue weighted by atomic mass is 10.1. The summed E-state index contributed by atoms with van der Waals surface area (Å²) in [5.74, 6) is 1.47. The van der Waals surface area contributed by atoms with Gasteiger partial charge in [0.1, 0.15) is 5.82 Å². The molecule has 0 spiro atoms. The van der Waals surface area contributed by atoms with Gasteiger partial charge < -0.3 is 10.3 Å². The molecule has 0 aliphatic rings. The highest BCUT2D eigenvalue weighted by atomic mass is 35.5. The van der Waals surface area contributed by atoms with Crippen LogP contribution in [0.1, 0.15) is 11.4 Å². The van der Waals surface area contributed by atoms with E-state index in [1.165, 1.54) is 0 Å². The van der Waals surface area contributed by atoms with Gasteiger partial charge in [0.2, 0.25) is 0 Å². The molecule has 1 aromatic carbocycles. The molecule has 2 heterocycles. The van der Waals surface area contributed by atoms with E-state index in [4.69, 9.17) is 21.9 Å². The van der Waals surface area contributed by atoms with E-state index in [2.05, 4.69) is 15.1 Å². The summed E-state index contributed by atoms with van der Waals surface area (Å²) in [7, 11) is 0. The summed E-state index contributed by atoms with van der Waals surface area (Å²) < 4.78 is 5.22. The van der Waals surface area contributed by atoms with Crippen molar-refractivity contribution in [3.05, 3.63) is 59.0 Å². The van der Waals surface area contributed by atoms with Crippen LogP contribution in [0.5, 0.6) is 0 Å². The smallest absolute Gasteiger partial charge is 0.259 e. The number of pyridine rings is 1. The number of nitrogens with two attached hydrogens (primary N) is 1. The van der Waals surface area contributed by atoms with Crippen LogP contribution in [0.3, 0.4) is 0 Å². The second kappa shape index (κ2) is 5.30. The third kappa shape index (κ3) is 2.78. The van der Waals surface area contributed by atoms with Crippen LogP contribution in [0.25, 0.3) is 11.5 Å². The van der Waals surface area contributed by atoms with Crippen molar-refractivity contribution in [1.29, 1.82) is 0 Å². The Balaban J connectivity index is 1.82. The number of nitrogens with zero attached hydrogens (tertiary/aromatic N) is 3. The van der Waals surface area contributed by atoms with Gasteiger partial charge in [0.05, 0.1) is 5.56 Å². The first-order valence-corrected chi connectivity index (χ1v) is 6.37. The highest BCUT2D eigenvalue weighted by Crippen LogP contribution is 2.18. The van der Waals surface area contributed by atoms with E-state index in [1.807, 2.05) is 24.3 Å². The number of hydrogen-bond acceptors (Lipinski definition) is 5. The van der Waals surface area contributed by atoms with E-state index >= 15 is 0 Å². The fraction of sp³-hybridized carbons (Fsp3) is 0.0714. The van der Waals surface area contributed by atoms with Crippen LogP contribution in [0.2, 0.25) is 5.02 Å². The van der Waals surface area contributed by atoms with Crippen LogP contribution in [0, 0.1) is 0 Å². The van der Waals surface area contributed by atoms with E-state index in [-0.39, 0.29) is 0 Å². The topological polar surface area (TPSA) is 77.8 Å². The Hall–Kier alpha value is -2.40. The van der Waals surface area contributed by atoms with Crippen LogP contribution in [0.4, 0.5) is 5.82 Å². The molecule has 2 N–H and O–H groups in total. The quantitative estimate of drug-likeness (QED) is 0.801. The van der Waals surface area contributed by atoms with Gasteiger partial charge in [-0.05, 0) is 29.8 Å². The zero-order chi connectivity index (χ0) is 13.9. The largest absolute Gasteiger partial charge is 0.384 e. The highest BCUT2D eigenvalue weighted by Gasteiger charge is 2.09. The molecule has 3 aromatic rings. The van der Waals surface area contributed by atoms with Crippen molar-refractivity contribution in [3.63, 3.8) is 0 Å².